The average Bonchev–Trinajstić information content (AvgIpc) is 2.84. The van der Waals surface area contributed by atoms with Crippen molar-refractivity contribution in [2.45, 2.75) is 33.2 Å². The molecule has 0 N–H and O–H groups in total. The van der Waals surface area contributed by atoms with Crippen LogP contribution >= 0.6 is 0 Å². The number of esters is 1. The Morgan fingerprint density at radius 1 is 1.35 bits per heavy atom. The summed E-state index contributed by atoms with van der Waals surface area (Å²) in [5.74, 6) is 0.263. The van der Waals surface area contributed by atoms with Gasteiger partial charge in [0.1, 0.15) is 12.4 Å². The van der Waals surface area contributed by atoms with Crippen molar-refractivity contribution in [3.8, 4) is 0 Å². The van der Waals surface area contributed by atoms with Crippen molar-refractivity contribution in [2.75, 3.05) is 6.61 Å². The molecule has 0 aliphatic rings. The first-order chi connectivity index (χ1) is 9.63. The van der Waals surface area contributed by atoms with Crippen molar-refractivity contribution in [3.05, 3.63) is 35.7 Å². The van der Waals surface area contributed by atoms with Crippen molar-refractivity contribution in [1.29, 1.82) is 0 Å². The average molecular weight is 275 g/mol. The Hall–Kier alpha value is -2.31. The van der Waals surface area contributed by atoms with Crippen LogP contribution in [-0.4, -0.2) is 37.5 Å². The summed E-state index contributed by atoms with van der Waals surface area (Å²) in [6.07, 6.45) is 3.33. The van der Waals surface area contributed by atoms with E-state index in [0.29, 0.717) is 19.0 Å². The van der Waals surface area contributed by atoms with Gasteiger partial charge in [-0.2, -0.15) is 0 Å². The van der Waals surface area contributed by atoms with E-state index in [1.807, 2.05) is 13.8 Å². The first-order valence-corrected chi connectivity index (χ1v) is 6.49. The smallest absolute Gasteiger partial charge is 0.360 e. The van der Waals surface area contributed by atoms with E-state index in [0.717, 1.165) is 5.69 Å². The van der Waals surface area contributed by atoms with Gasteiger partial charge < -0.3 is 4.74 Å². The minimum atomic E-state index is -0.448. The molecule has 0 fully saturated rings. The van der Waals surface area contributed by atoms with Gasteiger partial charge in [0, 0.05) is 12.4 Å². The Balaban J connectivity index is 2.32. The summed E-state index contributed by atoms with van der Waals surface area (Å²) in [7, 11) is 0. The molecule has 0 aliphatic carbocycles. The van der Waals surface area contributed by atoms with Crippen LogP contribution in [0.1, 0.15) is 48.7 Å². The fourth-order valence-electron chi connectivity index (χ4n) is 1.90. The maximum atomic E-state index is 11.9. The predicted molar refractivity (Wildman–Crippen MR) is 71.2 cm³/mol. The number of ether oxygens (including phenoxy) is 1. The van der Waals surface area contributed by atoms with Crippen LogP contribution in [0.4, 0.5) is 0 Å². The van der Waals surface area contributed by atoms with Gasteiger partial charge in [-0.05, 0) is 18.9 Å². The van der Waals surface area contributed by atoms with E-state index in [4.69, 9.17) is 4.74 Å². The molecule has 0 saturated carbocycles. The van der Waals surface area contributed by atoms with Crippen molar-refractivity contribution >= 4 is 5.97 Å². The molecular formula is C13H17N5O2. The minimum absolute atomic E-state index is 0.0909. The summed E-state index contributed by atoms with van der Waals surface area (Å²) < 4.78 is 6.64. The molecule has 0 saturated heterocycles. The SMILES string of the molecule is CCOC(=O)c1nnn(Cc2ncccn2)c1C(C)C. The monoisotopic (exact) mass is 275 g/mol. The van der Waals surface area contributed by atoms with Crippen molar-refractivity contribution in [1.82, 2.24) is 25.0 Å². The van der Waals surface area contributed by atoms with E-state index in [1.165, 1.54) is 0 Å². The van der Waals surface area contributed by atoms with Gasteiger partial charge in [0.2, 0.25) is 0 Å². The Bertz CT molecular complexity index is 580. The molecule has 0 amide bonds. The Morgan fingerprint density at radius 2 is 2.05 bits per heavy atom. The molecule has 0 aromatic carbocycles. The molecule has 0 bridgehead atoms. The lowest BCUT2D eigenvalue weighted by atomic mass is 10.1. The summed E-state index contributed by atoms with van der Waals surface area (Å²) >= 11 is 0. The first-order valence-electron chi connectivity index (χ1n) is 6.49. The molecule has 0 spiro atoms. The van der Waals surface area contributed by atoms with Crippen LogP contribution in [-0.2, 0) is 11.3 Å². The number of carbonyl (C=O) groups is 1. The molecule has 20 heavy (non-hydrogen) atoms. The van der Waals surface area contributed by atoms with E-state index in [-0.39, 0.29) is 11.6 Å². The molecule has 106 valence electrons. The molecule has 0 radical (unpaired) electrons. The summed E-state index contributed by atoms with van der Waals surface area (Å²) in [5.41, 5.74) is 0.994. The highest BCUT2D eigenvalue weighted by Gasteiger charge is 2.23. The molecule has 0 atom stereocenters. The molecule has 0 aliphatic heterocycles. The number of hydrogen-bond acceptors (Lipinski definition) is 6. The first kappa shape index (κ1) is 14.1. The third-order valence-electron chi connectivity index (χ3n) is 2.70. The lowest BCUT2D eigenvalue weighted by Crippen LogP contribution is -2.13. The largest absolute Gasteiger partial charge is 0.461 e. The molecule has 0 unspecified atom stereocenters. The topological polar surface area (TPSA) is 82.8 Å². The van der Waals surface area contributed by atoms with Crippen molar-refractivity contribution in [2.24, 2.45) is 0 Å². The molecule has 2 aromatic heterocycles. The van der Waals surface area contributed by atoms with Gasteiger partial charge in [-0.25, -0.2) is 19.4 Å². The van der Waals surface area contributed by atoms with Crippen LogP contribution in [0.15, 0.2) is 18.5 Å². The maximum absolute atomic E-state index is 11.9. The lowest BCUT2D eigenvalue weighted by molar-refractivity contribution is 0.0517. The Labute approximate surface area is 117 Å². The highest BCUT2D eigenvalue weighted by molar-refractivity contribution is 5.88. The summed E-state index contributed by atoms with van der Waals surface area (Å²) in [6.45, 7) is 6.40. The van der Waals surface area contributed by atoms with E-state index < -0.39 is 5.97 Å². The molecule has 7 nitrogen and oxygen atoms in total. The number of carbonyl (C=O) groups excluding carboxylic acids is 1. The van der Waals surface area contributed by atoms with Crippen molar-refractivity contribution in [3.63, 3.8) is 0 Å². The molecular weight excluding hydrogens is 258 g/mol. The van der Waals surface area contributed by atoms with Gasteiger partial charge in [-0.15, -0.1) is 5.10 Å². The van der Waals surface area contributed by atoms with Crippen LogP contribution in [0.2, 0.25) is 0 Å². The molecule has 2 rings (SSSR count). The summed E-state index contributed by atoms with van der Waals surface area (Å²) in [5, 5.41) is 7.96. The highest BCUT2D eigenvalue weighted by Crippen LogP contribution is 2.18. The predicted octanol–water partition coefficient (Wildman–Crippen LogP) is 1.42. The number of hydrogen-bond donors (Lipinski definition) is 0. The summed E-state index contributed by atoms with van der Waals surface area (Å²) in [4.78, 5) is 20.2. The molecule has 7 heteroatoms. The normalized spacial score (nSPS) is 10.8. The standard InChI is InChI=1S/C13H17N5O2/c1-4-20-13(19)11-12(9(2)3)18(17-16-11)8-10-14-6-5-7-15-10/h5-7,9H,4,8H2,1-3H3. The van der Waals surface area contributed by atoms with Crippen LogP contribution in [0.3, 0.4) is 0 Å². The lowest BCUT2D eigenvalue weighted by Gasteiger charge is -2.09. The van der Waals surface area contributed by atoms with E-state index in [2.05, 4.69) is 20.3 Å². The summed E-state index contributed by atoms with van der Waals surface area (Å²) in [6, 6.07) is 1.75. The molecule has 2 heterocycles. The second kappa shape index (κ2) is 6.23. The zero-order chi connectivity index (χ0) is 14.5. The quantitative estimate of drug-likeness (QED) is 0.767. The van der Waals surface area contributed by atoms with E-state index >= 15 is 0 Å². The third kappa shape index (κ3) is 2.98. The van der Waals surface area contributed by atoms with Gasteiger partial charge in [0.05, 0.1) is 12.3 Å². The van der Waals surface area contributed by atoms with Gasteiger partial charge in [-0.1, -0.05) is 19.1 Å². The zero-order valence-electron chi connectivity index (χ0n) is 11.8. The van der Waals surface area contributed by atoms with Gasteiger partial charge in [0.15, 0.2) is 5.69 Å². The fourth-order valence-corrected chi connectivity index (χ4v) is 1.90. The van der Waals surface area contributed by atoms with Crippen molar-refractivity contribution < 1.29 is 9.53 Å². The maximum Gasteiger partial charge on any atom is 0.360 e. The van der Waals surface area contributed by atoms with Gasteiger partial charge in [0.25, 0.3) is 0 Å². The van der Waals surface area contributed by atoms with Gasteiger partial charge >= 0.3 is 5.97 Å². The van der Waals surface area contributed by atoms with E-state index in [1.54, 1.807) is 30.1 Å². The van der Waals surface area contributed by atoms with Gasteiger partial charge in [-0.3, -0.25) is 0 Å². The number of nitrogens with zero attached hydrogens (tertiary/aromatic N) is 5. The van der Waals surface area contributed by atoms with Crippen LogP contribution in [0, 0.1) is 0 Å². The van der Waals surface area contributed by atoms with E-state index in [9.17, 15) is 4.79 Å². The van der Waals surface area contributed by atoms with Crippen LogP contribution in [0.25, 0.3) is 0 Å². The Kier molecular flexibility index (Phi) is 4.39. The third-order valence-corrected chi connectivity index (χ3v) is 2.70. The Morgan fingerprint density at radius 3 is 2.65 bits per heavy atom. The fraction of sp³-hybridized carbons (Fsp3) is 0.462. The highest BCUT2D eigenvalue weighted by atomic mass is 16.5. The second-order valence-electron chi connectivity index (χ2n) is 4.52. The van der Waals surface area contributed by atoms with Crippen LogP contribution in [0.5, 0.6) is 0 Å². The zero-order valence-corrected chi connectivity index (χ0v) is 11.8. The number of aromatic nitrogens is 5. The second-order valence-corrected chi connectivity index (χ2v) is 4.52. The minimum Gasteiger partial charge on any atom is -0.461 e. The van der Waals surface area contributed by atoms with Crippen LogP contribution < -0.4 is 0 Å². The number of rotatable bonds is 5. The molecule has 2 aromatic rings.